The second-order valence-electron chi connectivity index (χ2n) is 4.17. The van der Waals surface area contributed by atoms with E-state index in [4.69, 9.17) is 23.2 Å². The van der Waals surface area contributed by atoms with Crippen LogP contribution in [-0.4, -0.2) is 9.78 Å². The van der Waals surface area contributed by atoms with Crippen molar-refractivity contribution in [3.05, 3.63) is 44.1 Å². The van der Waals surface area contributed by atoms with Crippen molar-refractivity contribution in [3.8, 4) is 0 Å². The number of aromatic nitrogens is 2. The van der Waals surface area contributed by atoms with Gasteiger partial charge in [-0.15, -0.1) is 0 Å². The van der Waals surface area contributed by atoms with Crippen molar-refractivity contribution in [1.29, 1.82) is 0 Å². The van der Waals surface area contributed by atoms with Crippen LogP contribution in [0.4, 0.5) is 5.69 Å². The lowest BCUT2D eigenvalue weighted by atomic mass is 10.3. The van der Waals surface area contributed by atoms with Gasteiger partial charge in [-0.2, -0.15) is 5.10 Å². The number of anilines is 1. The molecule has 19 heavy (non-hydrogen) atoms. The Morgan fingerprint density at radius 1 is 1.37 bits per heavy atom. The lowest BCUT2D eigenvalue weighted by Gasteiger charge is -2.08. The first-order valence-electron chi connectivity index (χ1n) is 5.92. The molecule has 0 saturated heterocycles. The van der Waals surface area contributed by atoms with Gasteiger partial charge in [0.2, 0.25) is 0 Å². The lowest BCUT2D eigenvalue weighted by Crippen LogP contribution is -2.05. The standard InChI is InChI=1S/C13H14BrCl2N3/c1-3-11-13(16)12(19(2)18-11)7-17-8-4-5-10(15)9(14)6-8/h4-6,17H,3,7H2,1-2H3. The summed E-state index contributed by atoms with van der Waals surface area (Å²) in [6, 6.07) is 5.71. The molecule has 1 aromatic heterocycles. The highest BCUT2D eigenvalue weighted by Crippen LogP contribution is 2.27. The normalized spacial score (nSPS) is 10.8. The van der Waals surface area contributed by atoms with Crippen LogP contribution in [0.1, 0.15) is 18.3 Å². The van der Waals surface area contributed by atoms with Gasteiger partial charge in [0.05, 0.1) is 28.0 Å². The molecular formula is C13H14BrCl2N3. The Morgan fingerprint density at radius 2 is 2.11 bits per heavy atom. The van der Waals surface area contributed by atoms with Crippen molar-refractivity contribution in [2.45, 2.75) is 19.9 Å². The van der Waals surface area contributed by atoms with Gasteiger partial charge in [-0.05, 0) is 40.5 Å². The molecule has 0 bridgehead atoms. The largest absolute Gasteiger partial charge is 0.379 e. The molecule has 1 N–H and O–H groups in total. The molecule has 102 valence electrons. The van der Waals surface area contributed by atoms with E-state index in [0.717, 1.165) is 33.0 Å². The quantitative estimate of drug-likeness (QED) is 0.856. The van der Waals surface area contributed by atoms with E-state index in [1.165, 1.54) is 0 Å². The first-order valence-corrected chi connectivity index (χ1v) is 7.47. The average molecular weight is 363 g/mol. The molecule has 0 aliphatic carbocycles. The number of aryl methyl sites for hydroxylation is 2. The molecule has 0 amide bonds. The predicted molar refractivity (Wildman–Crippen MR) is 84.1 cm³/mol. The number of benzene rings is 1. The molecule has 0 fully saturated rings. The summed E-state index contributed by atoms with van der Waals surface area (Å²) >= 11 is 15.7. The maximum atomic E-state index is 6.30. The molecule has 2 rings (SSSR count). The van der Waals surface area contributed by atoms with Crippen LogP contribution in [0.5, 0.6) is 0 Å². The second-order valence-corrected chi connectivity index (χ2v) is 5.81. The van der Waals surface area contributed by atoms with Crippen LogP contribution in [0.25, 0.3) is 0 Å². The van der Waals surface area contributed by atoms with Crippen LogP contribution < -0.4 is 5.32 Å². The molecule has 2 aromatic rings. The van der Waals surface area contributed by atoms with E-state index < -0.39 is 0 Å². The van der Waals surface area contributed by atoms with Gasteiger partial charge in [-0.25, -0.2) is 0 Å². The van der Waals surface area contributed by atoms with Gasteiger partial charge >= 0.3 is 0 Å². The van der Waals surface area contributed by atoms with Crippen LogP contribution in [0.3, 0.4) is 0 Å². The highest BCUT2D eigenvalue weighted by atomic mass is 79.9. The zero-order chi connectivity index (χ0) is 14.0. The summed E-state index contributed by atoms with van der Waals surface area (Å²) in [4.78, 5) is 0. The minimum atomic E-state index is 0.621. The molecule has 0 atom stereocenters. The van der Waals surface area contributed by atoms with Crippen LogP contribution in [0, 0.1) is 0 Å². The van der Waals surface area contributed by atoms with Gasteiger partial charge in [0, 0.05) is 17.2 Å². The fraction of sp³-hybridized carbons (Fsp3) is 0.308. The highest BCUT2D eigenvalue weighted by molar-refractivity contribution is 9.10. The van der Waals surface area contributed by atoms with Gasteiger partial charge in [0.1, 0.15) is 0 Å². The Balaban J connectivity index is 2.14. The molecule has 3 nitrogen and oxygen atoms in total. The number of nitrogens with one attached hydrogen (secondary N) is 1. The number of halogens is 3. The number of rotatable bonds is 4. The molecule has 1 aromatic carbocycles. The Labute approximate surface area is 131 Å². The van der Waals surface area contributed by atoms with E-state index in [1.54, 1.807) is 0 Å². The Bertz CT molecular complexity index is 596. The van der Waals surface area contributed by atoms with Crippen molar-refractivity contribution < 1.29 is 0 Å². The van der Waals surface area contributed by atoms with Crippen molar-refractivity contribution >= 4 is 44.8 Å². The summed E-state index contributed by atoms with van der Waals surface area (Å²) in [7, 11) is 1.90. The van der Waals surface area contributed by atoms with Crippen LogP contribution in [0.2, 0.25) is 10.0 Å². The summed E-state index contributed by atoms with van der Waals surface area (Å²) < 4.78 is 2.68. The van der Waals surface area contributed by atoms with Gasteiger partial charge < -0.3 is 5.32 Å². The van der Waals surface area contributed by atoms with E-state index in [1.807, 2.05) is 36.9 Å². The highest BCUT2D eigenvalue weighted by Gasteiger charge is 2.12. The number of hydrogen-bond acceptors (Lipinski definition) is 2. The fourth-order valence-electron chi connectivity index (χ4n) is 1.80. The van der Waals surface area contributed by atoms with Gasteiger partial charge in [0.25, 0.3) is 0 Å². The molecule has 6 heteroatoms. The molecule has 0 aliphatic rings. The van der Waals surface area contributed by atoms with Crippen molar-refractivity contribution in [2.24, 2.45) is 7.05 Å². The average Bonchev–Trinajstić information content (AvgIpc) is 2.66. The Kier molecular flexibility index (Phi) is 4.76. The summed E-state index contributed by atoms with van der Waals surface area (Å²) in [5.74, 6) is 0. The monoisotopic (exact) mass is 361 g/mol. The van der Waals surface area contributed by atoms with Crippen molar-refractivity contribution in [2.75, 3.05) is 5.32 Å². The van der Waals surface area contributed by atoms with Crippen molar-refractivity contribution in [3.63, 3.8) is 0 Å². The zero-order valence-electron chi connectivity index (χ0n) is 10.7. The number of hydrogen-bond donors (Lipinski definition) is 1. The van der Waals surface area contributed by atoms with E-state index in [2.05, 4.69) is 26.3 Å². The summed E-state index contributed by atoms with van der Waals surface area (Å²) in [6.07, 6.45) is 0.833. The van der Waals surface area contributed by atoms with Gasteiger partial charge in [0.15, 0.2) is 0 Å². The molecule has 0 spiro atoms. The van der Waals surface area contributed by atoms with Gasteiger partial charge in [-0.1, -0.05) is 30.1 Å². The topological polar surface area (TPSA) is 29.9 Å². The van der Waals surface area contributed by atoms with Crippen molar-refractivity contribution in [1.82, 2.24) is 9.78 Å². The third-order valence-electron chi connectivity index (χ3n) is 2.88. The van der Waals surface area contributed by atoms with E-state index in [0.29, 0.717) is 11.6 Å². The minimum absolute atomic E-state index is 0.621. The summed E-state index contributed by atoms with van der Waals surface area (Å²) in [6.45, 7) is 2.66. The molecule has 0 unspecified atom stereocenters. The number of nitrogens with zero attached hydrogens (tertiary/aromatic N) is 2. The predicted octanol–water partition coefficient (Wildman–Crippen LogP) is 4.66. The van der Waals surface area contributed by atoms with Crippen LogP contribution in [-0.2, 0) is 20.0 Å². The molecule has 0 saturated carbocycles. The smallest absolute Gasteiger partial charge is 0.0868 e. The van der Waals surface area contributed by atoms with Crippen LogP contribution in [0.15, 0.2) is 22.7 Å². The Hall–Kier alpha value is -0.710. The first kappa shape index (κ1) is 14.7. The Morgan fingerprint density at radius 3 is 2.68 bits per heavy atom. The SMILES string of the molecule is CCc1nn(C)c(CNc2ccc(Cl)c(Br)c2)c1Cl. The molecule has 0 radical (unpaired) electrons. The minimum Gasteiger partial charge on any atom is -0.379 e. The molecular weight excluding hydrogens is 349 g/mol. The van der Waals surface area contributed by atoms with E-state index in [9.17, 15) is 0 Å². The molecule has 1 heterocycles. The third-order valence-corrected chi connectivity index (χ3v) is 4.53. The first-order chi connectivity index (χ1) is 9.02. The fourth-order valence-corrected chi connectivity index (χ4v) is 2.66. The molecule has 0 aliphatic heterocycles. The van der Waals surface area contributed by atoms with E-state index >= 15 is 0 Å². The summed E-state index contributed by atoms with van der Waals surface area (Å²) in [5, 5.41) is 9.13. The lowest BCUT2D eigenvalue weighted by molar-refractivity contribution is 0.707. The maximum Gasteiger partial charge on any atom is 0.0868 e. The zero-order valence-corrected chi connectivity index (χ0v) is 13.8. The van der Waals surface area contributed by atoms with Crippen LogP contribution >= 0.6 is 39.1 Å². The van der Waals surface area contributed by atoms with E-state index in [-0.39, 0.29) is 0 Å². The maximum absolute atomic E-state index is 6.30. The summed E-state index contributed by atoms with van der Waals surface area (Å²) in [5.41, 5.74) is 2.88. The third kappa shape index (κ3) is 3.25. The second kappa shape index (κ2) is 6.16. The van der Waals surface area contributed by atoms with Gasteiger partial charge in [-0.3, -0.25) is 4.68 Å².